The van der Waals surface area contributed by atoms with Crippen molar-refractivity contribution in [3.05, 3.63) is 64.1 Å². The van der Waals surface area contributed by atoms with E-state index < -0.39 is 0 Å². The number of carbonyl (C=O) groups is 1. The van der Waals surface area contributed by atoms with E-state index in [-0.39, 0.29) is 17.6 Å². The monoisotopic (exact) mass is 356 g/mol. The van der Waals surface area contributed by atoms with Crippen molar-refractivity contribution >= 4 is 21.7 Å². The zero-order valence-electron chi connectivity index (χ0n) is 12.5. The van der Waals surface area contributed by atoms with Crippen LogP contribution in [0.25, 0.3) is 0 Å². The van der Waals surface area contributed by atoms with E-state index in [2.05, 4.69) is 21.9 Å². The number of hydrogen-bond acceptors (Lipinski definition) is 2. The molecule has 0 saturated carbocycles. The van der Waals surface area contributed by atoms with E-state index in [4.69, 9.17) is 11.2 Å². The van der Waals surface area contributed by atoms with Crippen molar-refractivity contribution in [3.8, 4) is 18.1 Å². The van der Waals surface area contributed by atoms with Crippen molar-refractivity contribution in [2.45, 2.75) is 12.8 Å². The number of hydrogen-bond donors (Lipinski definition) is 0. The zero-order chi connectivity index (χ0) is 16.1. The minimum atomic E-state index is -0.292. The number of terminal acetylenes is 1. The molecule has 2 nitrogen and oxygen atoms in total. The fourth-order valence-electron chi connectivity index (χ4n) is 2.37. The third-order valence-corrected chi connectivity index (χ3v) is 4.23. The largest absolute Gasteiger partial charge is 0.497 e. The van der Waals surface area contributed by atoms with E-state index in [1.54, 1.807) is 7.11 Å². The highest BCUT2D eigenvalue weighted by molar-refractivity contribution is 9.10. The summed E-state index contributed by atoms with van der Waals surface area (Å²) in [6.07, 6.45) is 5.68. The predicted octanol–water partition coefficient (Wildman–Crippen LogP) is 4.69. The Morgan fingerprint density at radius 3 is 2.23 bits per heavy atom. The van der Waals surface area contributed by atoms with Crippen molar-refractivity contribution in [2.75, 3.05) is 7.11 Å². The molecule has 0 amide bonds. The van der Waals surface area contributed by atoms with E-state index in [1.165, 1.54) is 0 Å². The lowest BCUT2D eigenvalue weighted by Gasteiger charge is -2.19. The van der Waals surface area contributed by atoms with E-state index in [1.807, 2.05) is 55.5 Å². The summed E-state index contributed by atoms with van der Waals surface area (Å²) in [5.74, 6) is 3.01. The standard InChI is InChI=1S/C19H17BrO2/c1-4-18(14-7-11-17(22-3)12-8-14)13(2)19(21)15-5-9-16(20)10-6-15/h1,5-13,18H,2-3H3/t13-,18-/m0/s1. The summed E-state index contributed by atoms with van der Waals surface area (Å²) in [4.78, 5) is 12.6. The summed E-state index contributed by atoms with van der Waals surface area (Å²) in [5, 5.41) is 0. The zero-order valence-corrected chi connectivity index (χ0v) is 14.1. The molecule has 2 rings (SSSR count). The molecule has 0 fully saturated rings. The third-order valence-electron chi connectivity index (χ3n) is 3.70. The number of rotatable bonds is 5. The highest BCUT2D eigenvalue weighted by Gasteiger charge is 2.24. The summed E-state index contributed by atoms with van der Waals surface area (Å²) in [7, 11) is 1.62. The molecule has 0 heterocycles. The number of ketones is 1. The van der Waals surface area contributed by atoms with Gasteiger partial charge in [0.1, 0.15) is 5.75 Å². The van der Waals surface area contributed by atoms with Crippen LogP contribution in [0.1, 0.15) is 28.8 Å². The molecule has 3 heteroatoms. The molecule has 2 aromatic carbocycles. The van der Waals surface area contributed by atoms with Crippen LogP contribution in [0.4, 0.5) is 0 Å². The maximum atomic E-state index is 12.6. The van der Waals surface area contributed by atoms with E-state index in [9.17, 15) is 4.79 Å². The Balaban J connectivity index is 2.24. The number of carbonyl (C=O) groups excluding carboxylic acids is 1. The van der Waals surface area contributed by atoms with E-state index >= 15 is 0 Å². The second kappa shape index (κ2) is 7.29. The van der Waals surface area contributed by atoms with Gasteiger partial charge in [0, 0.05) is 16.0 Å². The molecule has 0 aliphatic carbocycles. The Hall–Kier alpha value is -2.05. The van der Waals surface area contributed by atoms with Crippen molar-refractivity contribution < 1.29 is 9.53 Å². The van der Waals surface area contributed by atoms with Crippen LogP contribution in [0.3, 0.4) is 0 Å². The Bertz CT molecular complexity index is 681. The normalized spacial score (nSPS) is 13.0. The molecule has 22 heavy (non-hydrogen) atoms. The lowest BCUT2D eigenvalue weighted by Crippen LogP contribution is -2.18. The van der Waals surface area contributed by atoms with Gasteiger partial charge in [-0.05, 0) is 29.8 Å². The first-order chi connectivity index (χ1) is 10.6. The van der Waals surface area contributed by atoms with E-state index in [0.717, 1.165) is 15.8 Å². The second-order valence-corrected chi connectivity index (χ2v) is 5.99. The molecule has 112 valence electrons. The van der Waals surface area contributed by atoms with Gasteiger partial charge in [0.25, 0.3) is 0 Å². The highest BCUT2D eigenvalue weighted by atomic mass is 79.9. The topological polar surface area (TPSA) is 26.3 Å². The van der Waals surface area contributed by atoms with Crippen LogP contribution in [-0.2, 0) is 0 Å². The van der Waals surface area contributed by atoms with Crippen LogP contribution in [0.5, 0.6) is 5.75 Å². The number of methoxy groups -OCH3 is 1. The molecule has 0 aliphatic heterocycles. The Morgan fingerprint density at radius 1 is 1.14 bits per heavy atom. The van der Waals surface area contributed by atoms with Crippen molar-refractivity contribution in [2.24, 2.45) is 5.92 Å². The molecule has 0 aromatic heterocycles. The Kier molecular flexibility index (Phi) is 5.41. The molecular formula is C19H17BrO2. The molecule has 0 saturated heterocycles. The van der Waals surface area contributed by atoms with Gasteiger partial charge in [-0.15, -0.1) is 6.42 Å². The molecule has 2 aromatic rings. The van der Waals surface area contributed by atoms with Gasteiger partial charge in [-0.2, -0.15) is 0 Å². The van der Waals surface area contributed by atoms with Crippen LogP contribution >= 0.6 is 15.9 Å². The van der Waals surface area contributed by atoms with Crippen LogP contribution in [0.2, 0.25) is 0 Å². The smallest absolute Gasteiger partial charge is 0.167 e. The predicted molar refractivity (Wildman–Crippen MR) is 92.2 cm³/mol. The van der Waals surface area contributed by atoms with Crippen LogP contribution < -0.4 is 4.74 Å². The quantitative estimate of drug-likeness (QED) is 0.573. The maximum absolute atomic E-state index is 12.6. The van der Waals surface area contributed by atoms with Gasteiger partial charge in [0.15, 0.2) is 5.78 Å². The maximum Gasteiger partial charge on any atom is 0.167 e. The van der Waals surface area contributed by atoms with Crippen molar-refractivity contribution in [1.29, 1.82) is 0 Å². The molecule has 0 N–H and O–H groups in total. The molecule has 0 spiro atoms. The van der Waals surface area contributed by atoms with Gasteiger partial charge in [-0.25, -0.2) is 0 Å². The van der Waals surface area contributed by atoms with Crippen LogP contribution in [0.15, 0.2) is 53.0 Å². The Morgan fingerprint density at radius 2 is 1.73 bits per heavy atom. The summed E-state index contributed by atoms with van der Waals surface area (Å²) in [6.45, 7) is 1.87. The molecule has 0 aliphatic rings. The highest BCUT2D eigenvalue weighted by Crippen LogP contribution is 2.28. The lowest BCUT2D eigenvalue weighted by atomic mass is 9.83. The minimum Gasteiger partial charge on any atom is -0.497 e. The molecular weight excluding hydrogens is 340 g/mol. The van der Waals surface area contributed by atoms with Crippen LogP contribution in [-0.4, -0.2) is 12.9 Å². The van der Waals surface area contributed by atoms with Gasteiger partial charge in [-0.3, -0.25) is 4.79 Å². The molecule has 0 radical (unpaired) electrons. The molecule has 2 atom stereocenters. The van der Waals surface area contributed by atoms with Gasteiger partial charge in [-0.1, -0.05) is 53.0 Å². The van der Waals surface area contributed by atoms with Gasteiger partial charge < -0.3 is 4.74 Å². The Labute approximate surface area is 139 Å². The first-order valence-corrected chi connectivity index (χ1v) is 7.76. The van der Waals surface area contributed by atoms with Gasteiger partial charge in [0.05, 0.1) is 13.0 Å². The average molecular weight is 357 g/mol. The van der Waals surface area contributed by atoms with Crippen LogP contribution in [0, 0.1) is 18.3 Å². The van der Waals surface area contributed by atoms with E-state index in [0.29, 0.717) is 5.56 Å². The summed E-state index contributed by atoms with van der Waals surface area (Å²) < 4.78 is 6.09. The minimum absolute atomic E-state index is 0.0475. The van der Waals surface area contributed by atoms with Crippen molar-refractivity contribution in [3.63, 3.8) is 0 Å². The number of Topliss-reactive ketones (excluding diaryl/α,β-unsaturated/α-hetero) is 1. The molecule has 0 unspecified atom stereocenters. The first-order valence-electron chi connectivity index (χ1n) is 6.96. The summed E-state index contributed by atoms with van der Waals surface area (Å²) >= 11 is 3.37. The first kappa shape index (κ1) is 16.3. The average Bonchev–Trinajstić information content (AvgIpc) is 2.56. The second-order valence-electron chi connectivity index (χ2n) is 5.08. The van der Waals surface area contributed by atoms with Gasteiger partial charge >= 0.3 is 0 Å². The number of benzene rings is 2. The fourth-order valence-corrected chi connectivity index (χ4v) is 2.63. The van der Waals surface area contributed by atoms with Crippen molar-refractivity contribution in [1.82, 2.24) is 0 Å². The third kappa shape index (κ3) is 3.58. The number of halogens is 1. The lowest BCUT2D eigenvalue weighted by molar-refractivity contribution is 0.0922. The number of ether oxygens (including phenoxy) is 1. The summed E-state index contributed by atoms with van der Waals surface area (Å²) in [6, 6.07) is 14.9. The molecule has 0 bridgehead atoms. The fraction of sp³-hybridized carbons (Fsp3) is 0.211. The van der Waals surface area contributed by atoms with Gasteiger partial charge in [0.2, 0.25) is 0 Å². The SMILES string of the molecule is C#C[C@H](c1ccc(OC)cc1)[C@H](C)C(=O)c1ccc(Br)cc1. The summed E-state index contributed by atoms with van der Waals surface area (Å²) in [5.41, 5.74) is 1.62.